The van der Waals surface area contributed by atoms with Crippen molar-refractivity contribution in [3.05, 3.63) is 33.9 Å². The zero-order valence-corrected chi connectivity index (χ0v) is 12.2. The van der Waals surface area contributed by atoms with Crippen molar-refractivity contribution in [2.45, 2.75) is 26.8 Å². The van der Waals surface area contributed by atoms with E-state index in [0.29, 0.717) is 5.69 Å². The predicted molar refractivity (Wildman–Crippen MR) is 76.9 cm³/mol. The molecule has 21 heavy (non-hydrogen) atoms. The van der Waals surface area contributed by atoms with E-state index in [1.165, 1.54) is 12.1 Å². The van der Waals surface area contributed by atoms with Gasteiger partial charge in [0.1, 0.15) is 18.2 Å². The van der Waals surface area contributed by atoms with E-state index < -0.39 is 10.9 Å². The fraction of sp³-hybridized carbons (Fsp3) is 0.429. The molecule has 0 spiro atoms. The molecule has 1 aromatic rings. The van der Waals surface area contributed by atoms with E-state index in [-0.39, 0.29) is 30.4 Å². The van der Waals surface area contributed by atoms with Crippen LogP contribution in [0.1, 0.15) is 26.3 Å². The summed E-state index contributed by atoms with van der Waals surface area (Å²) in [5.74, 6) is -0.404. The fourth-order valence-electron chi connectivity index (χ4n) is 1.86. The topological polar surface area (TPSA) is 96.5 Å². The van der Waals surface area contributed by atoms with Crippen LogP contribution in [0.2, 0.25) is 0 Å². The second kappa shape index (κ2) is 7.24. The number of rotatable bonds is 6. The van der Waals surface area contributed by atoms with Crippen LogP contribution in [0.5, 0.6) is 0 Å². The van der Waals surface area contributed by atoms with Crippen molar-refractivity contribution in [1.82, 2.24) is 0 Å². The zero-order valence-electron chi connectivity index (χ0n) is 12.2. The smallest absolute Gasteiger partial charge is 0.325 e. The Morgan fingerprint density at radius 3 is 2.67 bits per heavy atom. The van der Waals surface area contributed by atoms with Crippen molar-refractivity contribution in [2.75, 3.05) is 18.1 Å². The average Bonchev–Trinajstić information content (AvgIpc) is 2.44. The molecule has 112 valence electrons. The summed E-state index contributed by atoms with van der Waals surface area (Å²) in [7, 11) is 0. The highest BCUT2D eigenvalue weighted by Gasteiger charge is 2.20. The van der Waals surface area contributed by atoms with Gasteiger partial charge in [-0.2, -0.15) is 5.26 Å². The summed E-state index contributed by atoms with van der Waals surface area (Å²) in [6.45, 7) is 5.71. The summed E-state index contributed by atoms with van der Waals surface area (Å²) in [6, 6.07) is 6.00. The number of hydrogen-bond acceptors (Lipinski definition) is 6. The number of esters is 1. The largest absolute Gasteiger partial charge is 0.465 e. The molecule has 0 saturated heterocycles. The van der Waals surface area contributed by atoms with Crippen molar-refractivity contribution in [3.8, 4) is 6.07 Å². The molecule has 1 aromatic carbocycles. The Labute approximate surface area is 122 Å². The number of benzene rings is 1. The van der Waals surface area contributed by atoms with Gasteiger partial charge < -0.3 is 9.64 Å². The van der Waals surface area contributed by atoms with E-state index in [0.717, 1.165) is 0 Å². The summed E-state index contributed by atoms with van der Waals surface area (Å²) in [5, 5.41) is 19.9. The van der Waals surface area contributed by atoms with E-state index in [2.05, 4.69) is 0 Å². The van der Waals surface area contributed by atoms with Gasteiger partial charge in [-0.3, -0.25) is 14.9 Å². The van der Waals surface area contributed by atoms with Gasteiger partial charge >= 0.3 is 5.97 Å². The van der Waals surface area contributed by atoms with E-state index in [4.69, 9.17) is 10.00 Å². The van der Waals surface area contributed by atoms with E-state index >= 15 is 0 Å². The van der Waals surface area contributed by atoms with Crippen LogP contribution in [0.3, 0.4) is 0 Å². The van der Waals surface area contributed by atoms with Crippen LogP contribution in [0.25, 0.3) is 0 Å². The molecule has 0 fully saturated rings. The monoisotopic (exact) mass is 291 g/mol. The van der Waals surface area contributed by atoms with Gasteiger partial charge in [-0.1, -0.05) is 0 Å². The highest BCUT2D eigenvalue weighted by molar-refractivity contribution is 5.76. The normalized spacial score (nSPS) is 10.0. The van der Waals surface area contributed by atoms with Gasteiger partial charge in [0.15, 0.2) is 0 Å². The predicted octanol–water partition coefficient (Wildman–Crippen LogP) is 2.24. The van der Waals surface area contributed by atoms with Gasteiger partial charge in [0.25, 0.3) is 5.69 Å². The minimum absolute atomic E-state index is 0.00540. The van der Waals surface area contributed by atoms with Gasteiger partial charge in [0.05, 0.1) is 11.5 Å². The SMILES string of the molecule is CCOC(=O)CN(c1ccc(C#N)c([N+](=O)[O-])c1)C(C)C. The molecule has 0 aromatic heterocycles. The number of anilines is 1. The lowest BCUT2D eigenvalue weighted by molar-refractivity contribution is -0.385. The van der Waals surface area contributed by atoms with Gasteiger partial charge in [0.2, 0.25) is 0 Å². The van der Waals surface area contributed by atoms with Crippen molar-refractivity contribution in [1.29, 1.82) is 5.26 Å². The first-order chi connectivity index (χ1) is 9.90. The Bertz CT molecular complexity index is 578. The third kappa shape index (κ3) is 4.18. The highest BCUT2D eigenvalue weighted by atomic mass is 16.6. The number of nitro benzene ring substituents is 1. The van der Waals surface area contributed by atoms with Gasteiger partial charge in [-0.05, 0) is 32.9 Å². The molecule has 7 nitrogen and oxygen atoms in total. The summed E-state index contributed by atoms with van der Waals surface area (Å²) in [6.07, 6.45) is 0. The van der Waals surface area contributed by atoms with Crippen molar-refractivity contribution >= 4 is 17.3 Å². The van der Waals surface area contributed by atoms with E-state index in [9.17, 15) is 14.9 Å². The van der Waals surface area contributed by atoms with Crippen LogP contribution < -0.4 is 4.90 Å². The minimum atomic E-state index is -0.606. The van der Waals surface area contributed by atoms with Crippen molar-refractivity contribution < 1.29 is 14.5 Å². The molecule has 7 heteroatoms. The Kier molecular flexibility index (Phi) is 5.67. The first kappa shape index (κ1) is 16.4. The lowest BCUT2D eigenvalue weighted by Gasteiger charge is -2.27. The van der Waals surface area contributed by atoms with Crippen LogP contribution in [0.4, 0.5) is 11.4 Å². The number of nitro groups is 1. The molecule has 0 unspecified atom stereocenters. The van der Waals surface area contributed by atoms with Crippen molar-refractivity contribution in [2.24, 2.45) is 0 Å². The average molecular weight is 291 g/mol. The molecule has 0 saturated carbocycles. The Hall–Kier alpha value is -2.62. The highest BCUT2D eigenvalue weighted by Crippen LogP contribution is 2.26. The molecule has 0 amide bonds. The molecule has 0 aliphatic carbocycles. The Balaban J connectivity index is 3.15. The molecule has 0 aliphatic rings. The second-order valence-corrected chi connectivity index (χ2v) is 4.60. The lowest BCUT2D eigenvalue weighted by atomic mass is 10.1. The number of nitriles is 1. The van der Waals surface area contributed by atoms with Crippen LogP contribution in [-0.4, -0.2) is 30.1 Å². The van der Waals surface area contributed by atoms with Crippen LogP contribution in [0, 0.1) is 21.4 Å². The van der Waals surface area contributed by atoms with Crippen LogP contribution in [-0.2, 0) is 9.53 Å². The molecule has 0 atom stereocenters. The molecule has 0 bridgehead atoms. The van der Waals surface area contributed by atoms with E-state index in [1.54, 1.807) is 24.0 Å². The third-order valence-electron chi connectivity index (χ3n) is 2.86. The zero-order chi connectivity index (χ0) is 16.0. The maximum Gasteiger partial charge on any atom is 0.325 e. The standard InChI is InChI=1S/C14H17N3O4/c1-4-21-14(18)9-16(10(2)3)12-6-5-11(8-15)13(7-12)17(19)20/h5-7,10H,4,9H2,1-3H3. The maximum atomic E-state index is 11.6. The van der Waals surface area contributed by atoms with E-state index in [1.807, 2.05) is 13.8 Å². The summed E-state index contributed by atoms with van der Waals surface area (Å²) in [4.78, 5) is 23.7. The Morgan fingerprint density at radius 1 is 1.52 bits per heavy atom. The number of hydrogen-bond donors (Lipinski definition) is 0. The maximum absolute atomic E-state index is 11.6. The lowest BCUT2D eigenvalue weighted by Crippen LogP contribution is -2.36. The van der Waals surface area contributed by atoms with Crippen LogP contribution >= 0.6 is 0 Å². The number of nitrogens with zero attached hydrogens (tertiary/aromatic N) is 3. The number of ether oxygens (including phenoxy) is 1. The summed E-state index contributed by atoms with van der Waals surface area (Å²) < 4.78 is 4.90. The number of carbonyl (C=O) groups is 1. The molecule has 0 heterocycles. The first-order valence-corrected chi connectivity index (χ1v) is 6.51. The molecule has 0 N–H and O–H groups in total. The summed E-state index contributed by atoms with van der Waals surface area (Å²) in [5.41, 5.74) is 0.219. The van der Waals surface area contributed by atoms with Gasteiger partial charge in [-0.15, -0.1) is 0 Å². The first-order valence-electron chi connectivity index (χ1n) is 6.51. The van der Waals surface area contributed by atoms with Gasteiger partial charge in [0, 0.05) is 17.8 Å². The number of carbonyl (C=O) groups excluding carboxylic acids is 1. The second-order valence-electron chi connectivity index (χ2n) is 4.60. The Morgan fingerprint density at radius 2 is 2.19 bits per heavy atom. The van der Waals surface area contributed by atoms with Crippen LogP contribution in [0.15, 0.2) is 18.2 Å². The summed E-state index contributed by atoms with van der Waals surface area (Å²) >= 11 is 0. The molecule has 0 radical (unpaired) electrons. The van der Waals surface area contributed by atoms with Crippen molar-refractivity contribution in [3.63, 3.8) is 0 Å². The third-order valence-corrected chi connectivity index (χ3v) is 2.86. The molecular formula is C14H17N3O4. The van der Waals surface area contributed by atoms with Gasteiger partial charge in [-0.25, -0.2) is 0 Å². The quantitative estimate of drug-likeness (QED) is 0.453. The molecule has 1 rings (SSSR count). The molecular weight excluding hydrogens is 274 g/mol. The minimum Gasteiger partial charge on any atom is -0.465 e. The fourth-order valence-corrected chi connectivity index (χ4v) is 1.86. The molecule has 0 aliphatic heterocycles.